The first kappa shape index (κ1) is 13.2. The van der Waals surface area contributed by atoms with Crippen LogP contribution in [0.15, 0.2) is 12.1 Å². The molecule has 0 N–H and O–H groups in total. The van der Waals surface area contributed by atoms with Crippen LogP contribution in [0.3, 0.4) is 0 Å². The Hall–Kier alpha value is -0.200. The van der Waals surface area contributed by atoms with Crippen molar-refractivity contribution in [2.45, 2.75) is 51.8 Å². The molecule has 17 heavy (non-hydrogen) atoms. The number of halogens is 2. The van der Waals surface area contributed by atoms with Crippen molar-refractivity contribution < 1.29 is 0 Å². The van der Waals surface area contributed by atoms with E-state index in [1.165, 1.54) is 36.8 Å². The van der Waals surface area contributed by atoms with Gasteiger partial charge in [0.1, 0.15) is 0 Å². The fraction of sp³-hybridized carbons (Fsp3) is 0.600. The maximum absolute atomic E-state index is 6.70. The Morgan fingerprint density at radius 2 is 1.65 bits per heavy atom. The van der Waals surface area contributed by atoms with Gasteiger partial charge in [0.05, 0.1) is 5.38 Å². The van der Waals surface area contributed by atoms with Crippen molar-refractivity contribution in [3.63, 3.8) is 0 Å². The molecule has 1 unspecified atom stereocenters. The molecular weight excluding hydrogens is 251 g/mol. The summed E-state index contributed by atoms with van der Waals surface area (Å²) >= 11 is 13.1. The first-order chi connectivity index (χ1) is 7.94. The third kappa shape index (κ3) is 2.48. The molecule has 0 amide bonds. The molecule has 1 fully saturated rings. The molecule has 0 saturated heterocycles. The summed E-state index contributed by atoms with van der Waals surface area (Å²) in [6.45, 7) is 6.50. The maximum Gasteiger partial charge on any atom is 0.0653 e. The minimum absolute atomic E-state index is 0.0387. The molecule has 0 spiro atoms. The second-order valence-electron chi connectivity index (χ2n) is 5.68. The van der Waals surface area contributed by atoms with Gasteiger partial charge in [-0.2, -0.15) is 0 Å². The predicted molar refractivity (Wildman–Crippen MR) is 76.1 cm³/mol. The van der Waals surface area contributed by atoms with Crippen LogP contribution in [-0.2, 0) is 0 Å². The summed E-state index contributed by atoms with van der Waals surface area (Å²) in [6, 6.07) is 4.21. The summed E-state index contributed by atoms with van der Waals surface area (Å²) in [7, 11) is 0. The van der Waals surface area contributed by atoms with Crippen molar-refractivity contribution in [1.29, 1.82) is 0 Å². The van der Waals surface area contributed by atoms with Crippen LogP contribution in [0, 0.1) is 19.3 Å². The van der Waals surface area contributed by atoms with Crippen molar-refractivity contribution >= 4 is 23.2 Å². The molecule has 1 aliphatic carbocycles. The van der Waals surface area contributed by atoms with Gasteiger partial charge in [0.25, 0.3) is 0 Å². The number of benzene rings is 1. The van der Waals surface area contributed by atoms with Gasteiger partial charge in [-0.25, -0.2) is 0 Å². The lowest BCUT2D eigenvalue weighted by molar-refractivity contribution is 0.322. The van der Waals surface area contributed by atoms with Crippen LogP contribution in [0.25, 0.3) is 0 Å². The second kappa shape index (κ2) is 4.82. The monoisotopic (exact) mass is 270 g/mol. The van der Waals surface area contributed by atoms with Crippen LogP contribution in [0.5, 0.6) is 0 Å². The van der Waals surface area contributed by atoms with E-state index < -0.39 is 0 Å². The van der Waals surface area contributed by atoms with E-state index in [0.29, 0.717) is 0 Å². The highest BCUT2D eigenvalue weighted by Gasteiger charge is 2.37. The fourth-order valence-corrected chi connectivity index (χ4v) is 3.59. The second-order valence-corrected chi connectivity index (χ2v) is 6.53. The van der Waals surface area contributed by atoms with E-state index in [9.17, 15) is 0 Å². The third-order valence-electron chi connectivity index (χ3n) is 4.24. The maximum atomic E-state index is 6.70. The zero-order valence-corrected chi connectivity index (χ0v) is 12.3. The lowest BCUT2D eigenvalue weighted by Crippen LogP contribution is -2.18. The quantitative estimate of drug-likeness (QED) is 0.595. The summed E-state index contributed by atoms with van der Waals surface area (Å²) in [5.41, 5.74) is 3.84. The number of aryl methyl sites for hydroxylation is 2. The van der Waals surface area contributed by atoms with Gasteiger partial charge in [-0.3, -0.25) is 0 Å². The van der Waals surface area contributed by atoms with E-state index in [1.54, 1.807) is 0 Å². The predicted octanol–water partition coefficient (Wildman–Crippen LogP) is 5.82. The molecule has 0 radical (unpaired) electrons. The van der Waals surface area contributed by atoms with Crippen LogP contribution in [0.4, 0.5) is 0 Å². The number of hydrogen-bond acceptors (Lipinski definition) is 0. The zero-order chi connectivity index (χ0) is 12.6. The van der Waals surface area contributed by atoms with Crippen LogP contribution in [0.1, 0.15) is 54.7 Å². The van der Waals surface area contributed by atoms with Gasteiger partial charge in [-0.1, -0.05) is 37.4 Å². The Labute approximate surface area is 114 Å². The minimum Gasteiger partial charge on any atom is -0.117 e. The average Bonchev–Trinajstić information content (AvgIpc) is 2.71. The number of hydrogen-bond donors (Lipinski definition) is 0. The third-order valence-corrected chi connectivity index (χ3v) is 5.33. The molecule has 0 bridgehead atoms. The molecule has 2 rings (SSSR count). The van der Waals surface area contributed by atoms with Crippen molar-refractivity contribution in [1.82, 2.24) is 0 Å². The van der Waals surface area contributed by atoms with Crippen molar-refractivity contribution in [3.05, 3.63) is 33.8 Å². The topological polar surface area (TPSA) is 0 Å². The Morgan fingerprint density at radius 3 is 2.24 bits per heavy atom. The van der Waals surface area contributed by atoms with Gasteiger partial charge in [0, 0.05) is 5.02 Å². The smallest absolute Gasteiger partial charge is 0.0653 e. The van der Waals surface area contributed by atoms with E-state index >= 15 is 0 Å². The molecule has 1 aromatic carbocycles. The molecular formula is C15H20Cl2. The van der Waals surface area contributed by atoms with Gasteiger partial charge < -0.3 is 0 Å². The SMILES string of the molecule is Cc1cc(Cl)c(C(Cl)C2(C)CCCC2)cc1C. The number of alkyl halides is 1. The summed E-state index contributed by atoms with van der Waals surface area (Å²) in [4.78, 5) is 0. The lowest BCUT2D eigenvalue weighted by Gasteiger charge is -2.30. The van der Waals surface area contributed by atoms with Crippen LogP contribution in [0.2, 0.25) is 5.02 Å². The Balaban J connectivity index is 2.36. The zero-order valence-electron chi connectivity index (χ0n) is 10.8. The van der Waals surface area contributed by atoms with Crippen LogP contribution >= 0.6 is 23.2 Å². The largest absolute Gasteiger partial charge is 0.117 e. The number of rotatable bonds is 2. The standard InChI is InChI=1S/C15H20Cl2/c1-10-8-12(13(16)9-11(10)2)14(17)15(3)6-4-5-7-15/h8-9,14H,4-7H2,1-3H3. The van der Waals surface area contributed by atoms with Gasteiger partial charge >= 0.3 is 0 Å². The Morgan fingerprint density at radius 1 is 1.12 bits per heavy atom. The van der Waals surface area contributed by atoms with Gasteiger partial charge in [-0.15, -0.1) is 11.6 Å². The molecule has 2 heteroatoms. The Kier molecular flexibility index (Phi) is 3.75. The Bertz CT molecular complexity index is 417. The first-order valence-electron chi connectivity index (χ1n) is 6.35. The van der Waals surface area contributed by atoms with E-state index in [4.69, 9.17) is 23.2 Å². The molecule has 94 valence electrons. The molecule has 0 nitrogen and oxygen atoms in total. The summed E-state index contributed by atoms with van der Waals surface area (Å²) in [5.74, 6) is 0. The first-order valence-corrected chi connectivity index (χ1v) is 7.16. The lowest BCUT2D eigenvalue weighted by atomic mass is 9.81. The van der Waals surface area contributed by atoms with Gasteiger partial charge in [0.2, 0.25) is 0 Å². The normalized spacial score (nSPS) is 20.5. The van der Waals surface area contributed by atoms with Crippen LogP contribution in [-0.4, -0.2) is 0 Å². The van der Waals surface area contributed by atoms with Crippen molar-refractivity contribution in [2.75, 3.05) is 0 Å². The molecule has 1 aromatic rings. The summed E-state index contributed by atoms with van der Waals surface area (Å²) in [5, 5.41) is 0.859. The van der Waals surface area contributed by atoms with Gasteiger partial charge in [0.15, 0.2) is 0 Å². The minimum atomic E-state index is 0.0387. The summed E-state index contributed by atoms with van der Waals surface area (Å²) < 4.78 is 0. The molecule has 1 saturated carbocycles. The van der Waals surface area contributed by atoms with Gasteiger partial charge in [-0.05, 0) is 54.9 Å². The molecule has 0 aliphatic heterocycles. The van der Waals surface area contributed by atoms with E-state index in [2.05, 4.69) is 26.8 Å². The van der Waals surface area contributed by atoms with Crippen molar-refractivity contribution in [2.24, 2.45) is 5.41 Å². The average molecular weight is 271 g/mol. The highest BCUT2D eigenvalue weighted by Crippen LogP contribution is 2.52. The molecule has 1 aliphatic rings. The van der Waals surface area contributed by atoms with Crippen molar-refractivity contribution in [3.8, 4) is 0 Å². The van der Waals surface area contributed by atoms with Crippen LogP contribution < -0.4 is 0 Å². The van der Waals surface area contributed by atoms with E-state index in [-0.39, 0.29) is 10.8 Å². The highest BCUT2D eigenvalue weighted by molar-refractivity contribution is 6.33. The van der Waals surface area contributed by atoms with E-state index in [1.807, 2.05) is 6.07 Å². The summed E-state index contributed by atoms with van der Waals surface area (Å²) in [6.07, 6.45) is 5.01. The van der Waals surface area contributed by atoms with E-state index in [0.717, 1.165) is 10.6 Å². The molecule has 1 atom stereocenters. The molecule has 0 heterocycles. The highest BCUT2D eigenvalue weighted by atomic mass is 35.5. The fourth-order valence-electron chi connectivity index (χ4n) is 2.81. The molecule has 0 aromatic heterocycles.